The third-order valence-corrected chi connectivity index (χ3v) is 4.63. The molecule has 3 rings (SSSR count). The lowest BCUT2D eigenvalue weighted by atomic mass is 9.87. The number of carbonyl (C=O) groups excluding carboxylic acids is 1. The van der Waals surface area contributed by atoms with Gasteiger partial charge in [-0.2, -0.15) is 0 Å². The van der Waals surface area contributed by atoms with Crippen LogP contribution in [0.25, 0.3) is 0 Å². The molecule has 1 amide bonds. The van der Waals surface area contributed by atoms with Gasteiger partial charge in [0.15, 0.2) is 0 Å². The summed E-state index contributed by atoms with van der Waals surface area (Å²) in [6.07, 6.45) is 3.00. The number of aryl methyl sites for hydroxylation is 1. The fraction of sp³-hybridized carbons (Fsp3) is 0.429. The quantitative estimate of drug-likeness (QED) is 0.894. The zero-order valence-corrected chi connectivity index (χ0v) is 15.4. The van der Waals surface area contributed by atoms with Crippen molar-refractivity contribution in [3.63, 3.8) is 0 Å². The zero-order valence-electron chi connectivity index (χ0n) is 15.4. The van der Waals surface area contributed by atoms with Crippen LogP contribution in [0.15, 0.2) is 36.4 Å². The van der Waals surface area contributed by atoms with Crippen molar-refractivity contribution in [1.82, 2.24) is 10.3 Å². The second kappa shape index (κ2) is 7.26. The van der Waals surface area contributed by atoms with Gasteiger partial charge in [0.1, 0.15) is 5.82 Å². The third kappa shape index (κ3) is 4.38. The van der Waals surface area contributed by atoms with Crippen LogP contribution >= 0.6 is 0 Å². The summed E-state index contributed by atoms with van der Waals surface area (Å²) in [6, 6.07) is 12.1. The number of amides is 1. The number of rotatable bonds is 4. The summed E-state index contributed by atoms with van der Waals surface area (Å²) in [6.45, 7) is 8.09. The lowest BCUT2D eigenvalue weighted by Gasteiger charge is -2.19. The van der Waals surface area contributed by atoms with Crippen LogP contribution in [0.4, 0.5) is 5.82 Å². The Morgan fingerprint density at radius 2 is 1.92 bits per heavy atom. The van der Waals surface area contributed by atoms with E-state index in [4.69, 9.17) is 0 Å². The Balaban J connectivity index is 1.54. The number of nitrogens with one attached hydrogen (secondary N) is 2. The molecule has 1 aromatic heterocycles. The van der Waals surface area contributed by atoms with Crippen LogP contribution in [0.3, 0.4) is 0 Å². The minimum Gasteiger partial charge on any atom is -0.370 e. The molecule has 0 atom stereocenters. The second-order valence-electron chi connectivity index (χ2n) is 7.67. The van der Waals surface area contributed by atoms with Crippen LogP contribution in [0, 0.1) is 0 Å². The van der Waals surface area contributed by atoms with Gasteiger partial charge in [-0.1, -0.05) is 39.0 Å². The van der Waals surface area contributed by atoms with Crippen molar-refractivity contribution in [2.24, 2.45) is 0 Å². The van der Waals surface area contributed by atoms with E-state index in [2.05, 4.69) is 48.5 Å². The highest BCUT2D eigenvalue weighted by molar-refractivity contribution is 5.94. The van der Waals surface area contributed by atoms with Crippen molar-refractivity contribution in [1.29, 1.82) is 0 Å². The predicted octanol–water partition coefficient (Wildman–Crippen LogP) is 3.71. The molecule has 0 saturated heterocycles. The number of pyridine rings is 1. The number of aromatic nitrogens is 1. The molecule has 0 unspecified atom stereocenters. The van der Waals surface area contributed by atoms with Gasteiger partial charge in [-0.25, -0.2) is 4.98 Å². The van der Waals surface area contributed by atoms with E-state index in [-0.39, 0.29) is 11.3 Å². The van der Waals surface area contributed by atoms with Crippen molar-refractivity contribution < 1.29 is 4.79 Å². The molecule has 0 aliphatic carbocycles. The summed E-state index contributed by atoms with van der Waals surface area (Å²) < 4.78 is 0. The smallest absolute Gasteiger partial charge is 0.251 e. The first-order valence-corrected chi connectivity index (χ1v) is 9.05. The Morgan fingerprint density at radius 1 is 1.16 bits per heavy atom. The highest BCUT2D eigenvalue weighted by Gasteiger charge is 2.14. The molecule has 2 heterocycles. The summed E-state index contributed by atoms with van der Waals surface area (Å²) in [7, 11) is 0. The molecular formula is C21H27N3O. The molecular weight excluding hydrogens is 310 g/mol. The molecule has 4 nitrogen and oxygen atoms in total. The Labute approximate surface area is 150 Å². The summed E-state index contributed by atoms with van der Waals surface area (Å²) in [5.41, 5.74) is 4.33. The maximum absolute atomic E-state index is 12.3. The fourth-order valence-corrected chi connectivity index (χ4v) is 3.04. The summed E-state index contributed by atoms with van der Waals surface area (Å²) in [5, 5.41) is 6.33. The van der Waals surface area contributed by atoms with Gasteiger partial charge in [0, 0.05) is 30.8 Å². The van der Waals surface area contributed by atoms with Gasteiger partial charge >= 0.3 is 0 Å². The molecule has 0 bridgehead atoms. The van der Waals surface area contributed by atoms with E-state index < -0.39 is 0 Å². The number of anilines is 1. The first-order valence-electron chi connectivity index (χ1n) is 9.05. The topological polar surface area (TPSA) is 54.0 Å². The Hall–Kier alpha value is -2.36. The van der Waals surface area contributed by atoms with Crippen molar-refractivity contribution in [2.75, 3.05) is 18.4 Å². The van der Waals surface area contributed by atoms with Crippen molar-refractivity contribution in [3.8, 4) is 0 Å². The Kier molecular flexibility index (Phi) is 5.07. The van der Waals surface area contributed by atoms with E-state index >= 15 is 0 Å². The molecule has 25 heavy (non-hydrogen) atoms. The average molecular weight is 337 g/mol. The molecule has 1 aliphatic heterocycles. The van der Waals surface area contributed by atoms with Crippen molar-refractivity contribution >= 4 is 11.7 Å². The van der Waals surface area contributed by atoms with E-state index in [1.165, 1.54) is 11.1 Å². The van der Waals surface area contributed by atoms with E-state index in [9.17, 15) is 4.79 Å². The first-order chi connectivity index (χ1) is 11.9. The zero-order chi connectivity index (χ0) is 17.9. The van der Waals surface area contributed by atoms with Crippen LogP contribution in [0.2, 0.25) is 0 Å². The highest BCUT2D eigenvalue weighted by atomic mass is 16.1. The van der Waals surface area contributed by atoms with Crippen LogP contribution in [0.5, 0.6) is 0 Å². The molecule has 132 valence electrons. The van der Waals surface area contributed by atoms with E-state index in [1.54, 1.807) is 0 Å². The maximum Gasteiger partial charge on any atom is 0.251 e. The third-order valence-electron chi connectivity index (χ3n) is 4.63. The molecule has 2 N–H and O–H groups in total. The highest BCUT2D eigenvalue weighted by Crippen LogP contribution is 2.22. The number of hydrogen-bond donors (Lipinski definition) is 2. The van der Waals surface area contributed by atoms with Gasteiger partial charge in [0.25, 0.3) is 5.91 Å². The lowest BCUT2D eigenvalue weighted by molar-refractivity contribution is 0.0954. The van der Waals surface area contributed by atoms with Crippen LogP contribution in [-0.2, 0) is 18.3 Å². The van der Waals surface area contributed by atoms with Crippen LogP contribution in [0.1, 0.15) is 54.4 Å². The van der Waals surface area contributed by atoms with Gasteiger partial charge in [0.2, 0.25) is 0 Å². The molecule has 1 aliphatic rings. The Bertz CT molecular complexity index is 745. The Morgan fingerprint density at radius 3 is 2.64 bits per heavy atom. The minimum absolute atomic E-state index is 0.0310. The van der Waals surface area contributed by atoms with Gasteiger partial charge in [-0.05, 0) is 47.6 Å². The van der Waals surface area contributed by atoms with Crippen molar-refractivity contribution in [2.45, 2.75) is 45.4 Å². The number of benzene rings is 1. The SMILES string of the molecule is CC(C)(C)c1ccc(C(=O)NCCc2ccc3c(n2)NCCC3)cc1. The normalized spacial score (nSPS) is 13.7. The maximum atomic E-state index is 12.3. The summed E-state index contributed by atoms with van der Waals surface area (Å²) in [5.74, 6) is 0.976. The van der Waals surface area contributed by atoms with Crippen LogP contribution in [-0.4, -0.2) is 24.0 Å². The largest absolute Gasteiger partial charge is 0.370 e. The van der Waals surface area contributed by atoms with E-state index in [0.29, 0.717) is 12.1 Å². The molecule has 1 aromatic carbocycles. The van der Waals surface area contributed by atoms with Gasteiger partial charge in [0.05, 0.1) is 0 Å². The lowest BCUT2D eigenvalue weighted by Crippen LogP contribution is -2.26. The van der Waals surface area contributed by atoms with Crippen LogP contribution < -0.4 is 10.6 Å². The van der Waals surface area contributed by atoms with Gasteiger partial charge in [-0.15, -0.1) is 0 Å². The first kappa shape index (κ1) is 17.5. The molecule has 0 saturated carbocycles. The average Bonchev–Trinajstić information content (AvgIpc) is 2.61. The minimum atomic E-state index is -0.0310. The number of hydrogen-bond acceptors (Lipinski definition) is 3. The van der Waals surface area contributed by atoms with Gasteiger partial charge < -0.3 is 10.6 Å². The number of nitrogens with zero attached hydrogens (tertiary/aromatic N) is 1. The molecule has 0 spiro atoms. The summed E-state index contributed by atoms with van der Waals surface area (Å²) >= 11 is 0. The van der Waals surface area contributed by atoms with Crippen molar-refractivity contribution in [3.05, 3.63) is 58.8 Å². The standard InChI is InChI=1S/C21H27N3O/c1-21(2,3)17-9-6-16(7-10-17)20(25)23-14-12-18-11-8-15-5-4-13-22-19(15)24-18/h6-11H,4-5,12-14H2,1-3H3,(H,22,24)(H,23,25). The number of fused-ring (bicyclic) bond motifs is 1. The molecule has 0 radical (unpaired) electrons. The molecule has 4 heteroatoms. The molecule has 2 aromatic rings. The predicted molar refractivity (Wildman–Crippen MR) is 102 cm³/mol. The monoisotopic (exact) mass is 337 g/mol. The second-order valence-corrected chi connectivity index (χ2v) is 7.67. The summed E-state index contributed by atoms with van der Waals surface area (Å²) in [4.78, 5) is 16.9. The fourth-order valence-electron chi connectivity index (χ4n) is 3.04. The number of carbonyl (C=O) groups is 1. The van der Waals surface area contributed by atoms with E-state index in [0.717, 1.165) is 37.3 Å². The van der Waals surface area contributed by atoms with E-state index in [1.807, 2.05) is 24.3 Å². The van der Waals surface area contributed by atoms with Gasteiger partial charge in [-0.3, -0.25) is 4.79 Å². The molecule has 0 fully saturated rings.